The number of aromatic nitrogens is 2. The maximum atomic E-state index is 12.1. The van der Waals surface area contributed by atoms with Crippen molar-refractivity contribution in [1.82, 2.24) is 9.38 Å². The predicted octanol–water partition coefficient (Wildman–Crippen LogP) is 2.70. The van der Waals surface area contributed by atoms with Crippen LogP contribution in [0.25, 0.3) is 5.65 Å². The third-order valence-electron chi connectivity index (χ3n) is 4.32. The number of hydrogen-bond acceptors (Lipinski definition) is 6. The first-order chi connectivity index (χ1) is 13.5. The van der Waals surface area contributed by atoms with Gasteiger partial charge in [-0.1, -0.05) is 6.07 Å². The molecule has 3 aromatic rings. The molecule has 0 radical (unpaired) electrons. The van der Waals surface area contributed by atoms with Gasteiger partial charge in [0.25, 0.3) is 5.56 Å². The molecule has 0 N–H and O–H groups in total. The Morgan fingerprint density at radius 3 is 2.61 bits per heavy atom. The van der Waals surface area contributed by atoms with Crippen LogP contribution in [0.2, 0.25) is 0 Å². The van der Waals surface area contributed by atoms with Crippen molar-refractivity contribution in [2.24, 2.45) is 0 Å². The van der Waals surface area contributed by atoms with Gasteiger partial charge in [-0.15, -0.1) is 0 Å². The third kappa shape index (κ3) is 4.49. The molecule has 0 unspecified atom stereocenters. The van der Waals surface area contributed by atoms with Crippen LogP contribution in [0.15, 0.2) is 47.4 Å². The van der Waals surface area contributed by atoms with Crippen LogP contribution in [-0.2, 0) is 22.6 Å². The Morgan fingerprint density at radius 2 is 1.86 bits per heavy atom. The van der Waals surface area contributed by atoms with E-state index in [1.54, 1.807) is 26.5 Å². The van der Waals surface area contributed by atoms with Gasteiger partial charge in [-0.05, 0) is 48.7 Å². The van der Waals surface area contributed by atoms with E-state index in [0.29, 0.717) is 29.3 Å². The molecule has 2 aromatic heterocycles. The van der Waals surface area contributed by atoms with Crippen LogP contribution in [0.1, 0.15) is 23.2 Å². The maximum absolute atomic E-state index is 12.1. The molecule has 0 saturated carbocycles. The average Bonchev–Trinajstić information content (AvgIpc) is 2.70. The highest BCUT2D eigenvalue weighted by Gasteiger charge is 2.09. The Bertz CT molecular complexity index is 1060. The summed E-state index contributed by atoms with van der Waals surface area (Å²) < 4.78 is 17.2. The van der Waals surface area contributed by atoms with Crippen molar-refractivity contribution in [3.05, 3.63) is 69.8 Å². The average molecular weight is 382 g/mol. The second-order valence-electron chi connectivity index (χ2n) is 6.37. The fourth-order valence-electron chi connectivity index (χ4n) is 2.84. The molecular formula is C21H22N2O5. The summed E-state index contributed by atoms with van der Waals surface area (Å²) in [5, 5.41) is 0. The molecule has 0 bridgehead atoms. The number of nitrogens with zero attached hydrogens (tertiary/aromatic N) is 2. The van der Waals surface area contributed by atoms with Gasteiger partial charge < -0.3 is 14.2 Å². The topological polar surface area (TPSA) is 79.1 Å². The van der Waals surface area contributed by atoms with E-state index in [0.717, 1.165) is 11.1 Å². The number of fused-ring (bicyclic) bond motifs is 1. The Balaban J connectivity index is 1.60. The van der Waals surface area contributed by atoms with E-state index >= 15 is 0 Å². The molecule has 7 nitrogen and oxygen atoms in total. The molecule has 7 heteroatoms. The van der Waals surface area contributed by atoms with Crippen LogP contribution in [0.3, 0.4) is 0 Å². The zero-order valence-corrected chi connectivity index (χ0v) is 16.1. The summed E-state index contributed by atoms with van der Waals surface area (Å²) in [5.74, 6) is 0.892. The third-order valence-corrected chi connectivity index (χ3v) is 4.32. The second-order valence-corrected chi connectivity index (χ2v) is 6.37. The van der Waals surface area contributed by atoms with Crippen LogP contribution in [0.5, 0.6) is 11.5 Å². The second kappa shape index (κ2) is 8.56. The van der Waals surface area contributed by atoms with Gasteiger partial charge in [0.2, 0.25) is 0 Å². The summed E-state index contributed by atoms with van der Waals surface area (Å²) in [5.41, 5.74) is 2.68. The SMILES string of the molecule is COc1ccc(CCC(=O)OCc2cc(=O)n3ccc(C)cc3n2)cc1OC. The zero-order valence-electron chi connectivity index (χ0n) is 16.1. The number of aryl methyl sites for hydroxylation is 2. The molecule has 0 aliphatic rings. The van der Waals surface area contributed by atoms with E-state index in [-0.39, 0.29) is 24.6 Å². The lowest BCUT2D eigenvalue weighted by Gasteiger charge is -2.10. The molecule has 3 rings (SSSR count). The van der Waals surface area contributed by atoms with E-state index in [4.69, 9.17) is 14.2 Å². The smallest absolute Gasteiger partial charge is 0.306 e. The minimum Gasteiger partial charge on any atom is -0.493 e. The molecule has 0 fully saturated rings. The maximum Gasteiger partial charge on any atom is 0.306 e. The Morgan fingerprint density at radius 1 is 1.07 bits per heavy atom. The molecule has 0 atom stereocenters. The summed E-state index contributed by atoms with van der Waals surface area (Å²) in [6.07, 6.45) is 2.40. The highest BCUT2D eigenvalue weighted by molar-refractivity contribution is 5.69. The van der Waals surface area contributed by atoms with Crippen LogP contribution in [0, 0.1) is 6.92 Å². The number of methoxy groups -OCH3 is 2. The summed E-state index contributed by atoms with van der Waals surface area (Å²) in [7, 11) is 3.14. The fraction of sp³-hybridized carbons (Fsp3) is 0.286. The zero-order chi connectivity index (χ0) is 20.1. The van der Waals surface area contributed by atoms with Crippen molar-refractivity contribution < 1.29 is 19.0 Å². The first-order valence-electron chi connectivity index (χ1n) is 8.85. The van der Waals surface area contributed by atoms with E-state index in [2.05, 4.69) is 4.98 Å². The Kier molecular flexibility index (Phi) is 5.93. The predicted molar refractivity (Wildman–Crippen MR) is 104 cm³/mol. The summed E-state index contributed by atoms with van der Waals surface area (Å²) in [4.78, 5) is 28.6. The molecule has 28 heavy (non-hydrogen) atoms. The summed E-state index contributed by atoms with van der Waals surface area (Å²) >= 11 is 0. The van der Waals surface area contributed by atoms with Gasteiger partial charge in [0, 0.05) is 18.7 Å². The number of ether oxygens (including phenoxy) is 3. The number of benzene rings is 1. The normalized spacial score (nSPS) is 10.7. The molecule has 0 spiro atoms. The van der Waals surface area contributed by atoms with Crippen LogP contribution < -0.4 is 15.0 Å². The lowest BCUT2D eigenvalue weighted by atomic mass is 10.1. The molecule has 1 aromatic carbocycles. The number of carbonyl (C=O) groups excluding carboxylic acids is 1. The highest BCUT2D eigenvalue weighted by Crippen LogP contribution is 2.28. The minimum absolute atomic E-state index is 0.0373. The molecule has 0 saturated heterocycles. The lowest BCUT2D eigenvalue weighted by molar-refractivity contribution is -0.145. The van der Waals surface area contributed by atoms with Crippen molar-refractivity contribution in [3.8, 4) is 11.5 Å². The van der Waals surface area contributed by atoms with Gasteiger partial charge >= 0.3 is 5.97 Å². The van der Waals surface area contributed by atoms with Crippen molar-refractivity contribution in [3.63, 3.8) is 0 Å². The summed E-state index contributed by atoms with van der Waals surface area (Å²) in [6.45, 7) is 1.89. The molecule has 0 aliphatic carbocycles. The quantitative estimate of drug-likeness (QED) is 0.585. The number of carbonyl (C=O) groups is 1. The number of hydrogen-bond donors (Lipinski definition) is 0. The van der Waals surface area contributed by atoms with Crippen molar-refractivity contribution >= 4 is 11.6 Å². The van der Waals surface area contributed by atoms with E-state index in [9.17, 15) is 9.59 Å². The molecule has 0 amide bonds. The minimum atomic E-state index is -0.360. The first-order valence-corrected chi connectivity index (χ1v) is 8.85. The largest absolute Gasteiger partial charge is 0.493 e. The van der Waals surface area contributed by atoms with Gasteiger partial charge in [0.05, 0.1) is 19.9 Å². The van der Waals surface area contributed by atoms with Gasteiger partial charge in [-0.2, -0.15) is 0 Å². The van der Waals surface area contributed by atoms with Crippen LogP contribution in [0.4, 0.5) is 0 Å². The van der Waals surface area contributed by atoms with Crippen molar-refractivity contribution in [1.29, 1.82) is 0 Å². The monoisotopic (exact) mass is 382 g/mol. The number of pyridine rings is 1. The standard InChI is InChI=1S/C21H22N2O5/c1-14-8-9-23-19(10-14)22-16(12-20(23)24)13-28-21(25)7-5-15-4-6-17(26-2)18(11-15)27-3/h4,6,8-12H,5,7,13H2,1-3H3. The molecule has 0 aliphatic heterocycles. The summed E-state index contributed by atoms with van der Waals surface area (Å²) in [6, 6.07) is 10.5. The van der Waals surface area contributed by atoms with Gasteiger partial charge in [0.15, 0.2) is 11.5 Å². The molecule has 146 valence electrons. The molecular weight excluding hydrogens is 360 g/mol. The number of esters is 1. The first kappa shape index (κ1) is 19.4. The van der Waals surface area contributed by atoms with Gasteiger partial charge in [-0.3, -0.25) is 14.0 Å². The van der Waals surface area contributed by atoms with Gasteiger partial charge in [-0.25, -0.2) is 4.98 Å². The lowest BCUT2D eigenvalue weighted by Crippen LogP contribution is -2.16. The highest BCUT2D eigenvalue weighted by atomic mass is 16.5. The van der Waals surface area contributed by atoms with Crippen molar-refractivity contribution in [2.45, 2.75) is 26.4 Å². The Hall–Kier alpha value is -3.35. The van der Waals surface area contributed by atoms with Crippen LogP contribution in [-0.4, -0.2) is 29.6 Å². The number of rotatable bonds is 7. The van der Waals surface area contributed by atoms with Crippen LogP contribution >= 0.6 is 0 Å². The van der Waals surface area contributed by atoms with E-state index in [1.807, 2.05) is 31.2 Å². The van der Waals surface area contributed by atoms with Gasteiger partial charge in [0.1, 0.15) is 12.3 Å². The Labute approximate surface area is 162 Å². The van der Waals surface area contributed by atoms with Crippen molar-refractivity contribution in [2.75, 3.05) is 14.2 Å². The van der Waals surface area contributed by atoms with E-state index < -0.39 is 0 Å². The fourth-order valence-corrected chi connectivity index (χ4v) is 2.84. The molecule has 2 heterocycles. The van der Waals surface area contributed by atoms with E-state index in [1.165, 1.54) is 10.5 Å².